The molecule has 0 aromatic carbocycles. The molecule has 0 aliphatic carbocycles. The highest BCUT2D eigenvalue weighted by atomic mass is 16.2. The van der Waals surface area contributed by atoms with Crippen molar-refractivity contribution in [1.29, 1.82) is 0 Å². The summed E-state index contributed by atoms with van der Waals surface area (Å²) in [5.74, 6) is 0.274. The number of amides is 1. The third-order valence-electron chi connectivity index (χ3n) is 3.50. The molecule has 0 aromatic rings. The third-order valence-corrected chi connectivity index (χ3v) is 3.50. The first-order valence-electron chi connectivity index (χ1n) is 6.30. The molecule has 1 saturated heterocycles. The van der Waals surface area contributed by atoms with E-state index in [1.165, 1.54) is 0 Å². The Morgan fingerprint density at radius 2 is 1.88 bits per heavy atom. The molecule has 0 saturated carbocycles. The quantitative estimate of drug-likeness (QED) is 0.798. The molecule has 2 atom stereocenters. The summed E-state index contributed by atoms with van der Waals surface area (Å²) in [7, 11) is 0. The van der Waals surface area contributed by atoms with Gasteiger partial charge in [-0.05, 0) is 18.8 Å². The lowest BCUT2D eigenvalue weighted by molar-refractivity contribution is -0.133. The standard InChI is InChI=1S/C13H26N2O/c1-9(2)14-11-7-8-15(12(11)16)10(3)13(4,5)6/h9-11,14H,7-8H2,1-6H3. The Morgan fingerprint density at radius 1 is 1.31 bits per heavy atom. The van der Waals surface area contributed by atoms with E-state index in [0.29, 0.717) is 12.1 Å². The molecule has 0 bridgehead atoms. The number of nitrogens with zero attached hydrogens (tertiary/aromatic N) is 1. The molecule has 0 spiro atoms. The van der Waals surface area contributed by atoms with E-state index in [1.807, 2.05) is 4.90 Å². The monoisotopic (exact) mass is 226 g/mol. The largest absolute Gasteiger partial charge is 0.338 e. The van der Waals surface area contributed by atoms with Crippen molar-refractivity contribution in [3.05, 3.63) is 0 Å². The maximum atomic E-state index is 12.2. The Labute approximate surface area is 99.6 Å². The molecule has 1 fully saturated rings. The first kappa shape index (κ1) is 13.5. The number of rotatable bonds is 3. The van der Waals surface area contributed by atoms with Gasteiger partial charge >= 0.3 is 0 Å². The molecule has 1 rings (SSSR count). The zero-order chi connectivity index (χ0) is 12.5. The molecule has 1 aliphatic rings. The first-order valence-corrected chi connectivity index (χ1v) is 6.30. The van der Waals surface area contributed by atoms with E-state index in [-0.39, 0.29) is 17.4 Å². The molecule has 1 amide bonds. The molecular formula is C13H26N2O. The van der Waals surface area contributed by atoms with E-state index in [0.717, 1.165) is 13.0 Å². The summed E-state index contributed by atoms with van der Waals surface area (Å²) >= 11 is 0. The zero-order valence-corrected chi connectivity index (χ0v) is 11.5. The second kappa shape index (κ2) is 4.74. The molecule has 1 N–H and O–H groups in total. The van der Waals surface area contributed by atoms with Gasteiger partial charge in [0.2, 0.25) is 5.91 Å². The topological polar surface area (TPSA) is 32.3 Å². The van der Waals surface area contributed by atoms with Gasteiger partial charge in [0.05, 0.1) is 6.04 Å². The van der Waals surface area contributed by atoms with E-state index in [4.69, 9.17) is 0 Å². The minimum absolute atomic E-state index is 0.0322. The number of likely N-dealkylation sites (tertiary alicyclic amines) is 1. The lowest BCUT2D eigenvalue weighted by Crippen LogP contribution is -2.47. The van der Waals surface area contributed by atoms with Crippen LogP contribution in [0.25, 0.3) is 0 Å². The Bertz CT molecular complexity index is 255. The lowest BCUT2D eigenvalue weighted by Gasteiger charge is -2.35. The van der Waals surface area contributed by atoms with Crippen molar-refractivity contribution < 1.29 is 4.79 Å². The first-order chi connectivity index (χ1) is 7.23. The van der Waals surface area contributed by atoms with Crippen molar-refractivity contribution >= 4 is 5.91 Å². The highest BCUT2D eigenvalue weighted by molar-refractivity contribution is 5.84. The number of carbonyl (C=O) groups is 1. The van der Waals surface area contributed by atoms with Crippen LogP contribution in [0.4, 0.5) is 0 Å². The van der Waals surface area contributed by atoms with Crippen molar-refractivity contribution in [1.82, 2.24) is 10.2 Å². The van der Waals surface area contributed by atoms with Crippen LogP contribution in [-0.2, 0) is 4.79 Å². The second-order valence-electron chi connectivity index (χ2n) is 6.24. The SMILES string of the molecule is CC(C)NC1CCN(C(C)C(C)(C)C)C1=O. The molecule has 1 aliphatic heterocycles. The highest BCUT2D eigenvalue weighted by Gasteiger charge is 2.38. The van der Waals surface area contributed by atoms with Gasteiger partial charge in [-0.15, -0.1) is 0 Å². The van der Waals surface area contributed by atoms with Crippen molar-refractivity contribution in [2.45, 2.75) is 66.1 Å². The average Bonchev–Trinajstić information content (AvgIpc) is 2.45. The maximum absolute atomic E-state index is 12.2. The van der Waals surface area contributed by atoms with Crippen molar-refractivity contribution in [3.8, 4) is 0 Å². The Kier molecular flexibility index (Phi) is 4.00. The Balaban J connectivity index is 2.64. The van der Waals surface area contributed by atoms with E-state index in [9.17, 15) is 4.79 Å². The minimum atomic E-state index is 0.0322. The van der Waals surface area contributed by atoms with Crippen LogP contribution in [0.1, 0.15) is 48.0 Å². The van der Waals surface area contributed by atoms with Crippen molar-refractivity contribution in [3.63, 3.8) is 0 Å². The van der Waals surface area contributed by atoms with Gasteiger partial charge in [-0.1, -0.05) is 34.6 Å². The van der Waals surface area contributed by atoms with Gasteiger partial charge < -0.3 is 10.2 Å². The fraction of sp³-hybridized carbons (Fsp3) is 0.923. The summed E-state index contributed by atoms with van der Waals surface area (Å²) in [4.78, 5) is 14.2. The van der Waals surface area contributed by atoms with Crippen LogP contribution < -0.4 is 5.32 Å². The van der Waals surface area contributed by atoms with Gasteiger partial charge in [0.15, 0.2) is 0 Å². The van der Waals surface area contributed by atoms with E-state index in [2.05, 4.69) is 46.9 Å². The predicted molar refractivity (Wildman–Crippen MR) is 67.3 cm³/mol. The number of hydrogen-bond acceptors (Lipinski definition) is 2. The zero-order valence-electron chi connectivity index (χ0n) is 11.5. The number of hydrogen-bond donors (Lipinski definition) is 1. The van der Waals surface area contributed by atoms with Crippen LogP contribution >= 0.6 is 0 Å². The molecule has 3 nitrogen and oxygen atoms in total. The molecule has 16 heavy (non-hydrogen) atoms. The van der Waals surface area contributed by atoms with E-state index < -0.39 is 0 Å². The fourth-order valence-corrected chi connectivity index (χ4v) is 2.11. The van der Waals surface area contributed by atoms with Crippen molar-refractivity contribution in [2.75, 3.05) is 6.54 Å². The minimum Gasteiger partial charge on any atom is -0.338 e. The fourth-order valence-electron chi connectivity index (χ4n) is 2.11. The normalized spacial score (nSPS) is 24.3. The highest BCUT2D eigenvalue weighted by Crippen LogP contribution is 2.27. The average molecular weight is 226 g/mol. The lowest BCUT2D eigenvalue weighted by atomic mass is 9.87. The molecule has 1 heterocycles. The van der Waals surface area contributed by atoms with Crippen LogP contribution in [0.2, 0.25) is 0 Å². The van der Waals surface area contributed by atoms with Gasteiger partial charge in [-0.25, -0.2) is 0 Å². The van der Waals surface area contributed by atoms with E-state index >= 15 is 0 Å². The third kappa shape index (κ3) is 2.97. The molecule has 94 valence electrons. The molecule has 0 aromatic heterocycles. The summed E-state index contributed by atoms with van der Waals surface area (Å²) in [6.07, 6.45) is 0.942. The smallest absolute Gasteiger partial charge is 0.240 e. The van der Waals surface area contributed by atoms with Crippen molar-refractivity contribution in [2.24, 2.45) is 5.41 Å². The number of nitrogens with one attached hydrogen (secondary N) is 1. The van der Waals surface area contributed by atoms with Crippen LogP contribution in [0, 0.1) is 5.41 Å². The molecule has 3 heteroatoms. The van der Waals surface area contributed by atoms with E-state index in [1.54, 1.807) is 0 Å². The second-order valence-corrected chi connectivity index (χ2v) is 6.24. The van der Waals surface area contributed by atoms with Crippen LogP contribution in [0.3, 0.4) is 0 Å². The molecule has 0 radical (unpaired) electrons. The molecule has 2 unspecified atom stereocenters. The predicted octanol–water partition coefficient (Wildman–Crippen LogP) is 2.02. The summed E-state index contributed by atoms with van der Waals surface area (Å²) in [6.45, 7) is 13.8. The maximum Gasteiger partial charge on any atom is 0.240 e. The Hall–Kier alpha value is -0.570. The van der Waals surface area contributed by atoms with Crippen LogP contribution in [0.15, 0.2) is 0 Å². The van der Waals surface area contributed by atoms with Gasteiger partial charge in [0.1, 0.15) is 0 Å². The Morgan fingerprint density at radius 3 is 2.31 bits per heavy atom. The summed E-state index contributed by atoms with van der Waals surface area (Å²) in [5.41, 5.74) is 0.155. The summed E-state index contributed by atoms with van der Waals surface area (Å²) < 4.78 is 0. The van der Waals surface area contributed by atoms with Gasteiger partial charge in [0, 0.05) is 18.6 Å². The molecular weight excluding hydrogens is 200 g/mol. The summed E-state index contributed by atoms with van der Waals surface area (Å²) in [5, 5.41) is 3.34. The van der Waals surface area contributed by atoms with Gasteiger partial charge in [-0.2, -0.15) is 0 Å². The van der Waals surface area contributed by atoms with Crippen LogP contribution in [0.5, 0.6) is 0 Å². The van der Waals surface area contributed by atoms with Gasteiger partial charge in [-0.3, -0.25) is 4.79 Å². The summed E-state index contributed by atoms with van der Waals surface area (Å²) in [6, 6.07) is 0.711. The number of carbonyl (C=O) groups excluding carboxylic acids is 1. The van der Waals surface area contributed by atoms with Crippen LogP contribution in [-0.4, -0.2) is 35.5 Å². The van der Waals surface area contributed by atoms with Gasteiger partial charge in [0.25, 0.3) is 0 Å².